The van der Waals surface area contributed by atoms with E-state index in [0.717, 1.165) is 64.2 Å². The molecule has 64 heavy (non-hydrogen) atoms. The Bertz CT molecular complexity index is 993. The van der Waals surface area contributed by atoms with Gasteiger partial charge in [-0.2, -0.15) is 0 Å². The fourth-order valence-corrected chi connectivity index (χ4v) is 8.68. The van der Waals surface area contributed by atoms with Crippen LogP contribution in [0.2, 0.25) is 0 Å². The number of hydrogen-bond donors (Lipinski definition) is 0. The summed E-state index contributed by atoms with van der Waals surface area (Å²) in [4.78, 5) is 38.1. The lowest BCUT2D eigenvalue weighted by atomic mass is 10.0. The van der Waals surface area contributed by atoms with E-state index in [4.69, 9.17) is 14.2 Å². The molecule has 0 rings (SSSR count). The van der Waals surface area contributed by atoms with Crippen molar-refractivity contribution in [2.45, 2.75) is 329 Å². The zero-order chi connectivity index (χ0) is 46.5. The van der Waals surface area contributed by atoms with Crippen molar-refractivity contribution in [2.75, 3.05) is 13.2 Å². The van der Waals surface area contributed by atoms with Crippen LogP contribution in [0.4, 0.5) is 0 Å². The van der Waals surface area contributed by atoms with Crippen molar-refractivity contribution in [3.63, 3.8) is 0 Å². The molecule has 0 fully saturated rings. The molecule has 6 nitrogen and oxygen atoms in total. The smallest absolute Gasteiger partial charge is 0.306 e. The first-order valence-electron chi connectivity index (χ1n) is 28.7. The SMILES string of the molecule is CCCCCCCCC/C=C\CCCCCCCC(=O)O[C@H](COC(=O)CCCCCCCCCCCCC)COC(=O)CCCCCCCCCCCCCCCCCCCCC. The second-order valence-corrected chi connectivity index (χ2v) is 19.6. The second kappa shape index (κ2) is 53.8. The maximum atomic E-state index is 12.8. The fraction of sp³-hybridized carbons (Fsp3) is 0.914. The van der Waals surface area contributed by atoms with Gasteiger partial charge in [-0.1, -0.05) is 270 Å². The number of carbonyl (C=O) groups excluding carboxylic acids is 3. The summed E-state index contributed by atoms with van der Waals surface area (Å²) in [6.45, 7) is 6.68. The van der Waals surface area contributed by atoms with Gasteiger partial charge in [0, 0.05) is 19.3 Å². The summed E-state index contributed by atoms with van der Waals surface area (Å²) in [6, 6.07) is 0. The van der Waals surface area contributed by atoms with Crippen LogP contribution in [0.1, 0.15) is 323 Å². The Labute approximate surface area is 399 Å². The van der Waals surface area contributed by atoms with Gasteiger partial charge in [0.25, 0.3) is 0 Å². The van der Waals surface area contributed by atoms with E-state index >= 15 is 0 Å². The Morgan fingerprint density at radius 1 is 0.297 bits per heavy atom. The van der Waals surface area contributed by atoms with Crippen LogP contribution < -0.4 is 0 Å². The van der Waals surface area contributed by atoms with Crippen LogP contribution in [0, 0.1) is 0 Å². The molecule has 1 atom stereocenters. The number of unbranched alkanes of at least 4 members (excludes halogenated alkanes) is 40. The van der Waals surface area contributed by atoms with E-state index in [1.54, 1.807) is 0 Å². The quantitative estimate of drug-likeness (QED) is 0.0262. The van der Waals surface area contributed by atoms with Crippen LogP contribution >= 0.6 is 0 Å². The molecule has 0 saturated heterocycles. The topological polar surface area (TPSA) is 78.9 Å². The Morgan fingerprint density at radius 2 is 0.516 bits per heavy atom. The van der Waals surface area contributed by atoms with E-state index in [2.05, 4.69) is 32.9 Å². The Hall–Kier alpha value is -1.85. The Morgan fingerprint density at radius 3 is 0.781 bits per heavy atom. The molecule has 6 heteroatoms. The van der Waals surface area contributed by atoms with Gasteiger partial charge in [0.05, 0.1) is 0 Å². The molecule has 0 aliphatic rings. The molecule has 0 unspecified atom stereocenters. The van der Waals surface area contributed by atoms with Gasteiger partial charge in [0.15, 0.2) is 6.10 Å². The molecule has 0 amide bonds. The van der Waals surface area contributed by atoms with Crippen LogP contribution in [-0.4, -0.2) is 37.2 Å². The number of hydrogen-bond acceptors (Lipinski definition) is 6. The van der Waals surface area contributed by atoms with Gasteiger partial charge in [-0.05, 0) is 44.9 Å². The maximum Gasteiger partial charge on any atom is 0.306 e. The average Bonchev–Trinajstić information content (AvgIpc) is 3.29. The zero-order valence-electron chi connectivity index (χ0n) is 43.3. The Balaban J connectivity index is 4.27. The van der Waals surface area contributed by atoms with Crippen LogP contribution in [0.25, 0.3) is 0 Å². The highest BCUT2D eigenvalue weighted by molar-refractivity contribution is 5.71. The van der Waals surface area contributed by atoms with E-state index in [-0.39, 0.29) is 31.1 Å². The number of allylic oxidation sites excluding steroid dienone is 2. The maximum absolute atomic E-state index is 12.8. The van der Waals surface area contributed by atoms with Crippen molar-refractivity contribution < 1.29 is 28.6 Å². The molecule has 0 bridgehead atoms. The number of carbonyl (C=O) groups is 3. The first-order chi connectivity index (χ1) is 31.5. The summed E-state index contributed by atoms with van der Waals surface area (Å²) >= 11 is 0. The minimum Gasteiger partial charge on any atom is -0.462 e. The molecule has 0 aromatic heterocycles. The van der Waals surface area contributed by atoms with Gasteiger partial charge in [-0.25, -0.2) is 0 Å². The monoisotopic (exact) mass is 903 g/mol. The standard InChI is InChI=1S/C58H110O6/c1-4-7-10-13-16-19-22-24-26-28-29-30-32-33-36-39-42-45-48-51-57(60)63-54-55(53-62-56(59)50-47-44-41-38-35-21-18-15-12-9-6-3)64-58(61)52-49-46-43-40-37-34-31-27-25-23-20-17-14-11-8-5-2/h27,31,55H,4-26,28-30,32-54H2,1-3H3/b31-27-/t55-/m1/s1. The van der Waals surface area contributed by atoms with Crippen LogP contribution in [0.3, 0.4) is 0 Å². The molecule has 378 valence electrons. The third-order valence-electron chi connectivity index (χ3n) is 13.0. The summed E-state index contributed by atoms with van der Waals surface area (Å²) in [5.41, 5.74) is 0. The molecule has 0 aromatic rings. The number of esters is 3. The van der Waals surface area contributed by atoms with E-state index in [0.29, 0.717) is 19.3 Å². The summed E-state index contributed by atoms with van der Waals surface area (Å²) < 4.78 is 16.9. The van der Waals surface area contributed by atoms with Crippen molar-refractivity contribution in [1.29, 1.82) is 0 Å². The molecule has 0 heterocycles. The molecule has 0 aliphatic heterocycles. The van der Waals surface area contributed by atoms with Crippen molar-refractivity contribution in [3.8, 4) is 0 Å². The first-order valence-corrected chi connectivity index (χ1v) is 28.7. The van der Waals surface area contributed by atoms with Crippen LogP contribution in [-0.2, 0) is 28.6 Å². The molecular formula is C58H110O6. The van der Waals surface area contributed by atoms with E-state index in [9.17, 15) is 14.4 Å². The molecular weight excluding hydrogens is 793 g/mol. The zero-order valence-corrected chi connectivity index (χ0v) is 43.3. The highest BCUT2D eigenvalue weighted by Gasteiger charge is 2.19. The van der Waals surface area contributed by atoms with Gasteiger partial charge in [-0.15, -0.1) is 0 Å². The summed E-state index contributed by atoms with van der Waals surface area (Å²) in [6.07, 6.45) is 60.6. The molecule has 0 N–H and O–H groups in total. The normalized spacial score (nSPS) is 12.0. The van der Waals surface area contributed by atoms with Crippen molar-refractivity contribution in [2.24, 2.45) is 0 Å². The van der Waals surface area contributed by atoms with Crippen LogP contribution in [0.5, 0.6) is 0 Å². The van der Waals surface area contributed by atoms with Gasteiger partial charge in [-0.3, -0.25) is 14.4 Å². The molecule has 0 radical (unpaired) electrons. The molecule has 0 aromatic carbocycles. The predicted octanol–water partition coefficient (Wildman–Crippen LogP) is 18.9. The first kappa shape index (κ1) is 62.1. The third-order valence-corrected chi connectivity index (χ3v) is 13.0. The fourth-order valence-electron chi connectivity index (χ4n) is 8.68. The highest BCUT2D eigenvalue weighted by atomic mass is 16.6. The van der Waals surface area contributed by atoms with Crippen LogP contribution in [0.15, 0.2) is 12.2 Å². The largest absolute Gasteiger partial charge is 0.462 e. The lowest BCUT2D eigenvalue weighted by Crippen LogP contribution is -2.30. The summed E-state index contributed by atoms with van der Waals surface area (Å²) in [5.74, 6) is -0.854. The lowest BCUT2D eigenvalue weighted by molar-refractivity contribution is -0.167. The van der Waals surface area contributed by atoms with E-state index in [1.165, 1.54) is 218 Å². The highest BCUT2D eigenvalue weighted by Crippen LogP contribution is 2.17. The summed E-state index contributed by atoms with van der Waals surface area (Å²) in [7, 11) is 0. The predicted molar refractivity (Wildman–Crippen MR) is 275 cm³/mol. The Kier molecular flexibility index (Phi) is 52.2. The molecule has 0 aliphatic carbocycles. The third kappa shape index (κ3) is 51.1. The van der Waals surface area contributed by atoms with Gasteiger partial charge in [0.2, 0.25) is 0 Å². The lowest BCUT2D eigenvalue weighted by Gasteiger charge is -2.18. The van der Waals surface area contributed by atoms with Crippen molar-refractivity contribution in [1.82, 2.24) is 0 Å². The number of ether oxygens (including phenoxy) is 3. The van der Waals surface area contributed by atoms with E-state index < -0.39 is 6.10 Å². The van der Waals surface area contributed by atoms with Gasteiger partial charge in [0.1, 0.15) is 13.2 Å². The van der Waals surface area contributed by atoms with Gasteiger partial charge < -0.3 is 14.2 Å². The average molecular weight is 904 g/mol. The summed E-state index contributed by atoms with van der Waals surface area (Å²) in [5, 5.41) is 0. The number of rotatable bonds is 53. The molecule has 0 spiro atoms. The van der Waals surface area contributed by atoms with Crippen molar-refractivity contribution in [3.05, 3.63) is 12.2 Å². The second-order valence-electron chi connectivity index (χ2n) is 19.6. The minimum atomic E-state index is -0.768. The van der Waals surface area contributed by atoms with Crippen molar-refractivity contribution >= 4 is 17.9 Å². The minimum absolute atomic E-state index is 0.0676. The van der Waals surface area contributed by atoms with Gasteiger partial charge >= 0.3 is 17.9 Å². The van der Waals surface area contributed by atoms with E-state index in [1.807, 2.05) is 0 Å². The molecule has 0 saturated carbocycles.